The summed E-state index contributed by atoms with van der Waals surface area (Å²) in [6.07, 6.45) is 1.35. The van der Waals surface area contributed by atoms with Gasteiger partial charge in [-0.15, -0.1) is 0 Å². The smallest absolute Gasteiger partial charge is 0.280 e. The van der Waals surface area contributed by atoms with Gasteiger partial charge in [-0.2, -0.15) is 0 Å². The predicted octanol–water partition coefficient (Wildman–Crippen LogP) is 3.50. The Kier molecular flexibility index (Phi) is 3.89. The molecule has 0 unspecified atom stereocenters. The second-order valence-electron chi connectivity index (χ2n) is 4.98. The number of hydrogen-bond acceptors (Lipinski definition) is 2. The van der Waals surface area contributed by atoms with Gasteiger partial charge in [-0.25, -0.2) is 13.5 Å². The molecule has 0 aliphatic heterocycles. The first-order chi connectivity index (χ1) is 11.1. The summed E-state index contributed by atoms with van der Waals surface area (Å²) in [4.78, 5) is 16.5. The lowest BCUT2D eigenvalue weighted by molar-refractivity contribution is 0.509. The summed E-state index contributed by atoms with van der Waals surface area (Å²) in [6.45, 7) is 1.74. The minimum absolute atomic E-state index is 0.232. The molecule has 3 aromatic rings. The molecular weight excluding hydrogens is 300 g/mol. The predicted molar refractivity (Wildman–Crippen MR) is 84.7 cm³/mol. The average molecular weight is 313 g/mol. The number of hydrogen-bond donors (Lipinski definition) is 1. The molecule has 0 radical (unpaired) electrons. The molecule has 0 amide bonds. The molecule has 0 spiro atoms. The van der Waals surface area contributed by atoms with Crippen LogP contribution < -0.4 is 5.56 Å². The van der Waals surface area contributed by atoms with Crippen molar-refractivity contribution in [1.82, 2.24) is 9.78 Å². The third-order valence-electron chi connectivity index (χ3n) is 3.38. The molecule has 4 nitrogen and oxygen atoms in total. The number of para-hydroxylation sites is 1. The lowest BCUT2D eigenvalue weighted by Crippen LogP contribution is -2.17. The van der Waals surface area contributed by atoms with Crippen molar-refractivity contribution in [3.05, 3.63) is 81.8 Å². The summed E-state index contributed by atoms with van der Waals surface area (Å²) in [6, 6.07) is 12.4. The van der Waals surface area contributed by atoms with Crippen LogP contribution in [0.1, 0.15) is 11.3 Å². The van der Waals surface area contributed by atoms with Crippen LogP contribution >= 0.6 is 0 Å². The molecule has 1 aromatic heterocycles. The maximum Gasteiger partial charge on any atom is 0.280 e. The summed E-state index contributed by atoms with van der Waals surface area (Å²) in [5.41, 5.74) is 1.66. The van der Waals surface area contributed by atoms with Crippen molar-refractivity contribution in [2.75, 3.05) is 0 Å². The highest BCUT2D eigenvalue weighted by molar-refractivity contribution is 5.83. The fourth-order valence-corrected chi connectivity index (χ4v) is 2.17. The highest BCUT2D eigenvalue weighted by Crippen LogP contribution is 2.16. The number of benzene rings is 2. The van der Waals surface area contributed by atoms with Gasteiger partial charge in [0.05, 0.1) is 16.9 Å². The Hall–Kier alpha value is -3.02. The zero-order valence-corrected chi connectivity index (χ0v) is 12.3. The number of aromatic amines is 1. The van der Waals surface area contributed by atoms with E-state index in [0.717, 1.165) is 12.1 Å². The van der Waals surface area contributed by atoms with Gasteiger partial charge in [-0.1, -0.05) is 18.2 Å². The van der Waals surface area contributed by atoms with Crippen molar-refractivity contribution >= 4 is 11.9 Å². The maximum absolute atomic E-state index is 13.2. The van der Waals surface area contributed by atoms with E-state index in [9.17, 15) is 13.6 Å². The minimum atomic E-state index is -0.980. The Morgan fingerprint density at radius 3 is 2.52 bits per heavy atom. The molecule has 0 saturated carbocycles. The quantitative estimate of drug-likeness (QED) is 0.739. The molecule has 6 heteroatoms. The van der Waals surface area contributed by atoms with Crippen molar-refractivity contribution < 1.29 is 8.78 Å². The fraction of sp³-hybridized carbons (Fsp3) is 0.0588. The van der Waals surface area contributed by atoms with Crippen LogP contribution in [0.2, 0.25) is 0 Å². The van der Waals surface area contributed by atoms with Crippen molar-refractivity contribution in [3.63, 3.8) is 0 Å². The number of halogens is 2. The summed E-state index contributed by atoms with van der Waals surface area (Å²) >= 11 is 0. The number of aliphatic imine (C=N–C) groups is 1. The average Bonchev–Trinajstić information content (AvgIpc) is 2.84. The van der Waals surface area contributed by atoms with Gasteiger partial charge < -0.3 is 0 Å². The van der Waals surface area contributed by atoms with E-state index < -0.39 is 11.6 Å². The Morgan fingerprint density at radius 1 is 1.09 bits per heavy atom. The lowest BCUT2D eigenvalue weighted by Gasteiger charge is -1.99. The van der Waals surface area contributed by atoms with E-state index in [0.29, 0.717) is 16.9 Å². The summed E-state index contributed by atoms with van der Waals surface area (Å²) in [5.74, 6) is -1.92. The first-order valence-electron chi connectivity index (χ1n) is 6.92. The van der Waals surface area contributed by atoms with E-state index in [1.165, 1.54) is 17.0 Å². The van der Waals surface area contributed by atoms with Crippen LogP contribution in [0.15, 0.2) is 58.3 Å². The number of H-pyrrole nitrogens is 1. The van der Waals surface area contributed by atoms with Gasteiger partial charge >= 0.3 is 0 Å². The number of aromatic nitrogens is 2. The van der Waals surface area contributed by atoms with Crippen molar-refractivity contribution in [2.45, 2.75) is 6.92 Å². The van der Waals surface area contributed by atoms with E-state index in [1.807, 2.05) is 18.2 Å². The summed E-state index contributed by atoms with van der Waals surface area (Å²) in [7, 11) is 0. The summed E-state index contributed by atoms with van der Waals surface area (Å²) < 4.78 is 27.5. The van der Waals surface area contributed by atoms with E-state index in [4.69, 9.17) is 0 Å². The van der Waals surface area contributed by atoms with Gasteiger partial charge in [-0.05, 0) is 31.2 Å². The molecule has 0 saturated heterocycles. The first kappa shape index (κ1) is 14.9. The topological polar surface area (TPSA) is 50.1 Å². The minimum Gasteiger partial charge on any atom is -0.295 e. The third-order valence-corrected chi connectivity index (χ3v) is 3.38. The van der Waals surface area contributed by atoms with E-state index in [-0.39, 0.29) is 11.2 Å². The van der Waals surface area contributed by atoms with Crippen LogP contribution in [-0.4, -0.2) is 16.0 Å². The normalized spacial score (nSPS) is 11.3. The zero-order chi connectivity index (χ0) is 16.4. The highest BCUT2D eigenvalue weighted by Gasteiger charge is 2.10. The van der Waals surface area contributed by atoms with Crippen LogP contribution in [0.25, 0.3) is 5.69 Å². The molecule has 3 rings (SSSR count). The number of aryl methyl sites for hydroxylation is 1. The van der Waals surface area contributed by atoms with Gasteiger partial charge in [0.1, 0.15) is 0 Å². The van der Waals surface area contributed by atoms with Crippen molar-refractivity contribution in [2.24, 2.45) is 4.99 Å². The van der Waals surface area contributed by atoms with Crippen LogP contribution in [0, 0.1) is 18.6 Å². The lowest BCUT2D eigenvalue weighted by atomic mass is 10.2. The van der Waals surface area contributed by atoms with E-state index in [2.05, 4.69) is 10.1 Å². The number of rotatable bonds is 3. The molecule has 116 valence electrons. The standard InChI is InChI=1S/C17H13F2N3O/c1-11-14(10-20-12-7-8-15(18)16(19)9-12)17(23)22(21-11)13-5-3-2-4-6-13/h2-10,21H,1H3. The third kappa shape index (κ3) is 2.96. The Labute approximate surface area is 130 Å². The monoisotopic (exact) mass is 313 g/mol. The van der Waals surface area contributed by atoms with Gasteiger partial charge in [0.2, 0.25) is 0 Å². The van der Waals surface area contributed by atoms with Gasteiger partial charge in [-0.3, -0.25) is 14.9 Å². The van der Waals surface area contributed by atoms with Crippen molar-refractivity contribution in [1.29, 1.82) is 0 Å². The molecule has 0 aliphatic rings. The second-order valence-corrected chi connectivity index (χ2v) is 4.98. The van der Waals surface area contributed by atoms with Crippen molar-refractivity contribution in [3.8, 4) is 5.69 Å². The first-order valence-corrected chi connectivity index (χ1v) is 6.92. The van der Waals surface area contributed by atoms with E-state index >= 15 is 0 Å². The Balaban J connectivity index is 1.98. The van der Waals surface area contributed by atoms with Crippen LogP contribution in [-0.2, 0) is 0 Å². The molecule has 23 heavy (non-hydrogen) atoms. The van der Waals surface area contributed by atoms with Gasteiger partial charge in [0, 0.05) is 18.0 Å². The largest absolute Gasteiger partial charge is 0.295 e. The second kappa shape index (κ2) is 6.00. The molecule has 0 fully saturated rings. The fourth-order valence-electron chi connectivity index (χ4n) is 2.17. The van der Waals surface area contributed by atoms with Gasteiger partial charge in [0.15, 0.2) is 11.6 Å². The number of nitrogens with zero attached hydrogens (tertiary/aromatic N) is 2. The maximum atomic E-state index is 13.2. The Morgan fingerprint density at radius 2 is 1.83 bits per heavy atom. The number of nitrogens with one attached hydrogen (secondary N) is 1. The summed E-state index contributed by atoms with van der Waals surface area (Å²) in [5, 5.41) is 2.96. The molecule has 1 heterocycles. The molecule has 0 aliphatic carbocycles. The van der Waals surface area contributed by atoms with Crippen LogP contribution in [0.5, 0.6) is 0 Å². The highest BCUT2D eigenvalue weighted by atomic mass is 19.2. The van der Waals surface area contributed by atoms with Crippen LogP contribution in [0.3, 0.4) is 0 Å². The zero-order valence-electron chi connectivity index (χ0n) is 12.3. The molecule has 0 bridgehead atoms. The van der Waals surface area contributed by atoms with E-state index in [1.54, 1.807) is 19.1 Å². The molecule has 1 N–H and O–H groups in total. The molecular formula is C17H13F2N3O. The molecule has 2 aromatic carbocycles. The molecule has 0 atom stereocenters. The van der Waals surface area contributed by atoms with Crippen LogP contribution in [0.4, 0.5) is 14.5 Å². The Bertz CT molecular complexity index is 927. The van der Waals surface area contributed by atoms with Gasteiger partial charge in [0.25, 0.3) is 5.56 Å². The SMILES string of the molecule is Cc1[nH]n(-c2ccccc2)c(=O)c1C=Nc1ccc(F)c(F)c1.